The van der Waals surface area contributed by atoms with E-state index in [4.69, 9.17) is 9.84 Å². The molecule has 1 atom stereocenters. The molecule has 44 valence electrons. The molecule has 0 aliphatic carbocycles. The Hall–Kier alpha value is 0.270. The van der Waals surface area contributed by atoms with Gasteiger partial charge in [0, 0.05) is 12.9 Å². The predicted octanol–water partition coefficient (Wildman–Crippen LogP) is -0.0765. The van der Waals surface area contributed by atoms with Gasteiger partial charge < -0.3 is 9.84 Å². The van der Waals surface area contributed by atoms with Crippen LogP contribution < -0.4 is 0 Å². The summed E-state index contributed by atoms with van der Waals surface area (Å²) < 4.78 is 4.72. The monoisotopic (exact) mass is 122 g/mol. The molecule has 0 saturated carbocycles. The summed E-state index contributed by atoms with van der Waals surface area (Å²) in [6, 6.07) is 0. The molecular formula is C4H10O2S. The van der Waals surface area contributed by atoms with Crippen LogP contribution in [0.25, 0.3) is 0 Å². The number of thiol groups is 1. The number of methoxy groups -OCH3 is 1. The van der Waals surface area contributed by atoms with E-state index in [0.29, 0.717) is 5.75 Å². The molecule has 3 heteroatoms. The summed E-state index contributed by atoms with van der Waals surface area (Å²) in [4.78, 5) is 0. The molecule has 0 radical (unpaired) electrons. The summed E-state index contributed by atoms with van der Waals surface area (Å²) >= 11 is 3.89. The van der Waals surface area contributed by atoms with Crippen LogP contribution in [0.15, 0.2) is 0 Å². The minimum atomic E-state index is -0.0941. The van der Waals surface area contributed by atoms with Gasteiger partial charge in [0.15, 0.2) is 0 Å². The van der Waals surface area contributed by atoms with Crippen molar-refractivity contribution < 1.29 is 9.84 Å². The molecule has 0 spiro atoms. The molecular weight excluding hydrogens is 112 g/mol. The van der Waals surface area contributed by atoms with Crippen LogP contribution in [0.5, 0.6) is 0 Å². The van der Waals surface area contributed by atoms with Gasteiger partial charge >= 0.3 is 0 Å². The Morgan fingerprint density at radius 2 is 2.43 bits per heavy atom. The zero-order valence-electron chi connectivity index (χ0n) is 4.29. The largest absolute Gasteiger partial charge is 0.394 e. The lowest BCUT2D eigenvalue weighted by molar-refractivity contribution is 0.0659. The lowest BCUT2D eigenvalue weighted by Gasteiger charge is -2.05. The van der Waals surface area contributed by atoms with Crippen molar-refractivity contribution in [3.8, 4) is 0 Å². The molecule has 1 N–H and O–H groups in total. The molecule has 0 heterocycles. The Bertz CT molecular complexity index is 31.2. The minimum absolute atomic E-state index is 0.0556. The lowest BCUT2D eigenvalue weighted by Crippen LogP contribution is -2.16. The second-order valence-corrected chi connectivity index (χ2v) is 1.59. The van der Waals surface area contributed by atoms with Gasteiger partial charge in [0.1, 0.15) is 0 Å². The zero-order chi connectivity index (χ0) is 5.70. The maximum Gasteiger partial charge on any atom is 0.0889 e. The average Bonchev–Trinajstić information content (AvgIpc) is 1.72. The smallest absolute Gasteiger partial charge is 0.0889 e. The van der Waals surface area contributed by atoms with E-state index in [1.807, 2.05) is 0 Å². The van der Waals surface area contributed by atoms with Crippen molar-refractivity contribution in [2.24, 2.45) is 0 Å². The minimum Gasteiger partial charge on any atom is -0.394 e. The molecule has 0 rings (SSSR count). The maximum absolute atomic E-state index is 8.35. The molecule has 0 aromatic rings. The SMILES string of the molecule is CO[C@@H](CO)CS. The van der Waals surface area contributed by atoms with E-state index < -0.39 is 0 Å². The molecule has 0 aromatic heterocycles. The van der Waals surface area contributed by atoms with Crippen LogP contribution in [-0.2, 0) is 4.74 Å². The Kier molecular flexibility index (Phi) is 4.60. The van der Waals surface area contributed by atoms with E-state index in [2.05, 4.69) is 12.6 Å². The Morgan fingerprint density at radius 3 is 2.43 bits per heavy atom. The standard InChI is InChI=1S/C4H10O2S/c1-6-4(2-5)3-7/h4-5,7H,2-3H2,1H3/t4-/m0/s1. The number of aliphatic hydroxyl groups excluding tert-OH is 1. The molecule has 7 heavy (non-hydrogen) atoms. The molecule has 2 nitrogen and oxygen atoms in total. The van der Waals surface area contributed by atoms with Crippen molar-refractivity contribution in [3.05, 3.63) is 0 Å². The Morgan fingerprint density at radius 1 is 1.86 bits per heavy atom. The van der Waals surface area contributed by atoms with E-state index >= 15 is 0 Å². The first-order valence-corrected chi connectivity index (χ1v) is 2.73. The van der Waals surface area contributed by atoms with Gasteiger partial charge in [-0.1, -0.05) is 0 Å². The highest BCUT2D eigenvalue weighted by Crippen LogP contribution is 1.88. The van der Waals surface area contributed by atoms with E-state index in [1.165, 1.54) is 0 Å². The molecule has 0 aliphatic rings. The van der Waals surface area contributed by atoms with Crippen molar-refractivity contribution in [1.82, 2.24) is 0 Å². The normalized spacial score (nSPS) is 14.1. The second kappa shape index (κ2) is 4.43. The van der Waals surface area contributed by atoms with E-state index in [1.54, 1.807) is 7.11 Å². The third kappa shape index (κ3) is 2.91. The molecule has 0 bridgehead atoms. The molecule has 0 aromatic carbocycles. The lowest BCUT2D eigenvalue weighted by atomic mass is 10.4. The fourth-order valence-corrected chi connectivity index (χ4v) is 0.471. The Labute approximate surface area is 48.9 Å². The van der Waals surface area contributed by atoms with Gasteiger partial charge in [-0.05, 0) is 0 Å². The first kappa shape index (κ1) is 7.27. The number of hydrogen-bond acceptors (Lipinski definition) is 3. The number of hydrogen-bond donors (Lipinski definition) is 2. The third-order valence-corrected chi connectivity index (χ3v) is 1.15. The fourth-order valence-electron chi connectivity index (χ4n) is 0.207. The van der Waals surface area contributed by atoms with Crippen molar-refractivity contribution in [2.45, 2.75) is 6.10 Å². The van der Waals surface area contributed by atoms with Crippen molar-refractivity contribution >= 4 is 12.6 Å². The molecule has 0 aliphatic heterocycles. The van der Waals surface area contributed by atoms with Gasteiger partial charge in [0.2, 0.25) is 0 Å². The summed E-state index contributed by atoms with van der Waals surface area (Å²) in [5, 5.41) is 8.35. The second-order valence-electron chi connectivity index (χ2n) is 1.22. The van der Waals surface area contributed by atoms with Crippen LogP contribution in [0.2, 0.25) is 0 Å². The van der Waals surface area contributed by atoms with Crippen LogP contribution in [0, 0.1) is 0 Å². The summed E-state index contributed by atoms with van der Waals surface area (Å²) in [5.41, 5.74) is 0. The molecule has 0 amide bonds. The number of aliphatic hydroxyl groups is 1. The highest BCUT2D eigenvalue weighted by atomic mass is 32.1. The topological polar surface area (TPSA) is 29.5 Å². The molecule has 0 saturated heterocycles. The summed E-state index contributed by atoms with van der Waals surface area (Å²) in [7, 11) is 1.55. The van der Waals surface area contributed by atoms with Crippen LogP contribution in [0.4, 0.5) is 0 Å². The van der Waals surface area contributed by atoms with Crippen LogP contribution in [0.3, 0.4) is 0 Å². The van der Waals surface area contributed by atoms with Gasteiger partial charge in [-0.25, -0.2) is 0 Å². The van der Waals surface area contributed by atoms with Gasteiger partial charge in [-0.2, -0.15) is 12.6 Å². The van der Waals surface area contributed by atoms with Gasteiger partial charge in [-0.3, -0.25) is 0 Å². The summed E-state index contributed by atoms with van der Waals surface area (Å²) in [6.45, 7) is 0.0556. The summed E-state index contributed by atoms with van der Waals surface area (Å²) in [5.74, 6) is 0.576. The van der Waals surface area contributed by atoms with Gasteiger partial charge in [0.05, 0.1) is 12.7 Å². The predicted molar refractivity (Wildman–Crippen MR) is 31.7 cm³/mol. The summed E-state index contributed by atoms with van der Waals surface area (Å²) in [6.07, 6.45) is -0.0941. The molecule has 0 unspecified atom stereocenters. The maximum atomic E-state index is 8.35. The third-order valence-electron chi connectivity index (χ3n) is 0.741. The van der Waals surface area contributed by atoms with Gasteiger partial charge in [0.25, 0.3) is 0 Å². The van der Waals surface area contributed by atoms with E-state index in [-0.39, 0.29) is 12.7 Å². The van der Waals surface area contributed by atoms with Gasteiger partial charge in [-0.15, -0.1) is 0 Å². The first-order chi connectivity index (χ1) is 3.35. The van der Waals surface area contributed by atoms with Crippen LogP contribution in [-0.4, -0.2) is 30.7 Å². The van der Waals surface area contributed by atoms with Crippen LogP contribution >= 0.6 is 12.6 Å². The highest BCUT2D eigenvalue weighted by molar-refractivity contribution is 7.80. The quantitative estimate of drug-likeness (QED) is 0.513. The highest BCUT2D eigenvalue weighted by Gasteiger charge is 1.98. The van der Waals surface area contributed by atoms with E-state index in [0.717, 1.165) is 0 Å². The number of ether oxygens (including phenoxy) is 1. The zero-order valence-corrected chi connectivity index (χ0v) is 5.19. The molecule has 0 fully saturated rings. The first-order valence-electron chi connectivity index (χ1n) is 2.09. The van der Waals surface area contributed by atoms with Crippen molar-refractivity contribution in [3.63, 3.8) is 0 Å². The Balaban J connectivity index is 2.99. The van der Waals surface area contributed by atoms with Crippen molar-refractivity contribution in [1.29, 1.82) is 0 Å². The fraction of sp³-hybridized carbons (Fsp3) is 1.00. The van der Waals surface area contributed by atoms with Crippen molar-refractivity contribution in [2.75, 3.05) is 19.5 Å². The van der Waals surface area contributed by atoms with E-state index in [9.17, 15) is 0 Å². The number of rotatable bonds is 3. The average molecular weight is 122 g/mol. The van der Waals surface area contributed by atoms with Crippen LogP contribution in [0.1, 0.15) is 0 Å².